The number of benzene rings is 1. The van der Waals surface area contributed by atoms with Gasteiger partial charge in [-0.2, -0.15) is 4.98 Å². The molecule has 0 bridgehead atoms. The number of hydrogen-bond acceptors (Lipinski definition) is 5. The van der Waals surface area contributed by atoms with Gasteiger partial charge in [0, 0.05) is 13.1 Å². The van der Waals surface area contributed by atoms with Gasteiger partial charge in [0.15, 0.2) is 0 Å². The maximum Gasteiger partial charge on any atom is 0.256 e. The molecule has 4 rings (SSSR count). The Morgan fingerprint density at radius 2 is 2.09 bits per heavy atom. The fraction of sp³-hybridized carbons (Fsp3) is 0.188. The molecule has 1 amide bonds. The summed E-state index contributed by atoms with van der Waals surface area (Å²) >= 11 is 1.54. The Kier molecular flexibility index (Phi) is 3.42. The summed E-state index contributed by atoms with van der Waals surface area (Å²) in [5.74, 6) is 0.280. The number of aromatic nitrogens is 2. The third-order valence-electron chi connectivity index (χ3n) is 3.81. The molecule has 0 atom stereocenters. The Balaban J connectivity index is 1.44. The quantitative estimate of drug-likeness (QED) is 0.740. The molecule has 1 aromatic carbocycles. The van der Waals surface area contributed by atoms with Crippen molar-refractivity contribution in [1.29, 1.82) is 0 Å². The van der Waals surface area contributed by atoms with Crippen molar-refractivity contribution in [1.82, 2.24) is 15.0 Å². The minimum Gasteiger partial charge on any atom is -0.339 e. The largest absolute Gasteiger partial charge is 0.339 e. The molecule has 0 saturated carbocycles. The Labute approximate surface area is 135 Å². The highest BCUT2D eigenvalue weighted by Gasteiger charge is 2.36. The van der Waals surface area contributed by atoms with Crippen LogP contribution in [0.2, 0.25) is 0 Å². The van der Waals surface area contributed by atoms with Gasteiger partial charge in [0.1, 0.15) is 5.82 Å². The van der Waals surface area contributed by atoms with Crippen molar-refractivity contribution < 1.29 is 13.7 Å². The Hall–Kier alpha value is -2.54. The molecule has 0 radical (unpaired) electrons. The van der Waals surface area contributed by atoms with Crippen molar-refractivity contribution in [3.63, 3.8) is 0 Å². The number of thiophene rings is 1. The van der Waals surface area contributed by atoms with Crippen LogP contribution in [0, 0.1) is 5.82 Å². The van der Waals surface area contributed by atoms with Crippen LogP contribution < -0.4 is 0 Å². The molecule has 23 heavy (non-hydrogen) atoms. The van der Waals surface area contributed by atoms with Crippen LogP contribution in [0.25, 0.3) is 10.7 Å². The van der Waals surface area contributed by atoms with Crippen molar-refractivity contribution in [3.8, 4) is 10.7 Å². The van der Waals surface area contributed by atoms with Gasteiger partial charge in [-0.05, 0) is 23.6 Å². The van der Waals surface area contributed by atoms with Crippen LogP contribution in [0.3, 0.4) is 0 Å². The van der Waals surface area contributed by atoms with Crippen molar-refractivity contribution in [2.75, 3.05) is 13.1 Å². The number of rotatable bonds is 3. The first-order valence-electron chi connectivity index (χ1n) is 7.13. The summed E-state index contributed by atoms with van der Waals surface area (Å²) in [7, 11) is 0. The van der Waals surface area contributed by atoms with E-state index in [1.54, 1.807) is 17.0 Å². The lowest BCUT2D eigenvalue weighted by atomic mass is 9.98. The van der Waals surface area contributed by atoms with Crippen LogP contribution >= 0.6 is 11.3 Å². The van der Waals surface area contributed by atoms with E-state index in [-0.39, 0.29) is 17.4 Å². The van der Waals surface area contributed by atoms with Crippen molar-refractivity contribution in [2.45, 2.75) is 5.92 Å². The molecular weight excluding hydrogens is 317 g/mol. The van der Waals surface area contributed by atoms with Gasteiger partial charge in [-0.1, -0.05) is 23.4 Å². The number of halogens is 1. The number of nitrogens with zero attached hydrogens (tertiary/aromatic N) is 3. The first kappa shape index (κ1) is 14.1. The smallest absolute Gasteiger partial charge is 0.256 e. The zero-order valence-corrected chi connectivity index (χ0v) is 12.8. The van der Waals surface area contributed by atoms with E-state index in [1.165, 1.54) is 23.5 Å². The van der Waals surface area contributed by atoms with Crippen LogP contribution in [-0.2, 0) is 0 Å². The average Bonchev–Trinajstić information content (AvgIpc) is 3.17. The molecule has 116 valence electrons. The zero-order chi connectivity index (χ0) is 15.8. The van der Waals surface area contributed by atoms with E-state index >= 15 is 0 Å². The van der Waals surface area contributed by atoms with E-state index < -0.39 is 5.82 Å². The van der Waals surface area contributed by atoms with E-state index in [0.717, 1.165) is 4.88 Å². The summed E-state index contributed by atoms with van der Waals surface area (Å²) in [6.07, 6.45) is 0. The molecule has 1 fully saturated rings. The van der Waals surface area contributed by atoms with Gasteiger partial charge in [-0.3, -0.25) is 4.79 Å². The summed E-state index contributed by atoms with van der Waals surface area (Å²) in [5.41, 5.74) is 0.0933. The summed E-state index contributed by atoms with van der Waals surface area (Å²) < 4.78 is 18.9. The maximum atomic E-state index is 13.7. The second kappa shape index (κ2) is 5.58. The molecule has 1 saturated heterocycles. The number of carbonyl (C=O) groups excluding carboxylic acids is 1. The predicted molar refractivity (Wildman–Crippen MR) is 82.7 cm³/mol. The van der Waals surface area contributed by atoms with Gasteiger partial charge in [0.2, 0.25) is 11.7 Å². The molecule has 2 aromatic heterocycles. The van der Waals surface area contributed by atoms with E-state index in [2.05, 4.69) is 10.1 Å². The van der Waals surface area contributed by atoms with Crippen molar-refractivity contribution >= 4 is 17.2 Å². The predicted octanol–water partition coefficient (Wildman–Crippen LogP) is 3.18. The SMILES string of the molecule is O=C(c1ccccc1F)N1CC(c2nc(-c3cccs3)no2)C1. The molecule has 1 aliphatic rings. The maximum absolute atomic E-state index is 13.7. The highest BCUT2D eigenvalue weighted by Crippen LogP contribution is 2.30. The van der Waals surface area contributed by atoms with Gasteiger partial charge >= 0.3 is 0 Å². The molecule has 7 heteroatoms. The summed E-state index contributed by atoms with van der Waals surface area (Å²) in [5, 5.41) is 5.91. The van der Waals surface area contributed by atoms with E-state index in [9.17, 15) is 9.18 Å². The van der Waals surface area contributed by atoms with Crippen LogP contribution in [0.15, 0.2) is 46.3 Å². The van der Waals surface area contributed by atoms with Crippen LogP contribution in [0.1, 0.15) is 22.2 Å². The van der Waals surface area contributed by atoms with Gasteiger partial charge in [0.05, 0.1) is 16.4 Å². The third-order valence-corrected chi connectivity index (χ3v) is 4.67. The Morgan fingerprint density at radius 3 is 2.83 bits per heavy atom. The minimum absolute atomic E-state index is 0.00642. The van der Waals surface area contributed by atoms with Crippen LogP contribution in [0.4, 0.5) is 4.39 Å². The van der Waals surface area contributed by atoms with E-state index in [0.29, 0.717) is 24.8 Å². The van der Waals surface area contributed by atoms with Crippen LogP contribution in [-0.4, -0.2) is 34.0 Å². The lowest BCUT2D eigenvalue weighted by Gasteiger charge is -2.37. The molecule has 0 aliphatic carbocycles. The third kappa shape index (κ3) is 2.53. The lowest BCUT2D eigenvalue weighted by molar-refractivity contribution is 0.0564. The Morgan fingerprint density at radius 1 is 1.26 bits per heavy atom. The second-order valence-electron chi connectivity index (χ2n) is 5.32. The summed E-state index contributed by atoms with van der Waals surface area (Å²) in [4.78, 5) is 19.1. The summed E-state index contributed by atoms with van der Waals surface area (Å²) in [6, 6.07) is 9.85. The van der Waals surface area contributed by atoms with Crippen molar-refractivity contribution in [2.24, 2.45) is 0 Å². The number of carbonyl (C=O) groups is 1. The number of likely N-dealkylation sites (tertiary alicyclic amines) is 1. The Bertz CT molecular complexity index is 841. The minimum atomic E-state index is -0.501. The van der Waals surface area contributed by atoms with E-state index in [4.69, 9.17) is 4.52 Å². The van der Waals surface area contributed by atoms with Crippen LogP contribution in [0.5, 0.6) is 0 Å². The molecule has 0 spiro atoms. The standard InChI is InChI=1S/C16H12FN3O2S/c17-12-5-2-1-4-11(12)16(21)20-8-10(9-20)15-18-14(19-22-15)13-6-3-7-23-13/h1-7,10H,8-9H2. The fourth-order valence-corrected chi connectivity index (χ4v) is 3.16. The van der Waals surface area contributed by atoms with Gasteiger partial charge in [-0.15, -0.1) is 11.3 Å². The first-order chi connectivity index (χ1) is 11.2. The summed E-state index contributed by atoms with van der Waals surface area (Å²) in [6.45, 7) is 0.915. The molecule has 5 nitrogen and oxygen atoms in total. The lowest BCUT2D eigenvalue weighted by Crippen LogP contribution is -2.48. The zero-order valence-electron chi connectivity index (χ0n) is 12.0. The molecular formula is C16H12FN3O2S. The molecule has 0 N–H and O–H groups in total. The number of amides is 1. The van der Waals surface area contributed by atoms with E-state index in [1.807, 2.05) is 17.5 Å². The van der Waals surface area contributed by atoms with Gasteiger partial charge in [0.25, 0.3) is 5.91 Å². The average molecular weight is 329 g/mol. The molecule has 3 heterocycles. The van der Waals surface area contributed by atoms with Crippen molar-refractivity contribution in [3.05, 3.63) is 59.0 Å². The molecule has 0 unspecified atom stereocenters. The fourth-order valence-electron chi connectivity index (χ4n) is 2.51. The monoisotopic (exact) mass is 329 g/mol. The molecule has 3 aromatic rings. The highest BCUT2D eigenvalue weighted by molar-refractivity contribution is 7.13. The van der Waals surface area contributed by atoms with Gasteiger partial charge in [-0.25, -0.2) is 4.39 Å². The highest BCUT2D eigenvalue weighted by atomic mass is 32.1. The normalized spacial score (nSPS) is 14.7. The number of hydrogen-bond donors (Lipinski definition) is 0. The first-order valence-corrected chi connectivity index (χ1v) is 8.01. The topological polar surface area (TPSA) is 59.2 Å². The molecule has 1 aliphatic heterocycles. The van der Waals surface area contributed by atoms with Gasteiger partial charge < -0.3 is 9.42 Å². The second-order valence-corrected chi connectivity index (χ2v) is 6.27.